The molecule has 3 aliphatic rings. The minimum absolute atomic E-state index is 0.0619. The lowest BCUT2D eigenvalue weighted by atomic mass is 9.98. The summed E-state index contributed by atoms with van der Waals surface area (Å²) < 4.78 is 0. The number of carbonyl (C=O) groups excluding carboxylic acids is 1. The summed E-state index contributed by atoms with van der Waals surface area (Å²) in [6.45, 7) is 0.516. The zero-order chi connectivity index (χ0) is 17.6. The Hall–Kier alpha value is -2.35. The van der Waals surface area contributed by atoms with Gasteiger partial charge in [-0.2, -0.15) is 0 Å². The molecule has 0 saturated carbocycles. The number of nitro groups is 1. The highest BCUT2D eigenvalue weighted by molar-refractivity contribution is 5.71. The summed E-state index contributed by atoms with van der Waals surface area (Å²) in [7, 11) is 2.16. The van der Waals surface area contributed by atoms with Crippen LogP contribution in [0.3, 0.4) is 0 Å². The Morgan fingerprint density at radius 3 is 2.72 bits per heavy atom. The third-order valence-corrected chi connectivity index (χ3v) is 5.74. The predicted octanol–water partition coefficient (Wildman–Crippen LogP) is 2.22. The number of nitro benzene ring substituents is 1. The Labute approximate surface area is 145 Å². The van der Waals surface area contributed by atoms with Gasteiger partial charge in [-0.05, 0) is 50.8 Å². The highest BCUT2D eigenvalue weighted by Gasteiger charge is 2.39. The van der Waals surface area contributed by atoms with Gasteiger partial charge in [0.1, 0.15) is 0 Å². The van der Waals surface area contributed by atoms with Crippen LogP contribution in [0.2, 0.25) is 0 Å². The van der Waals surface area contributed by atoms with Crippen molar-refractivity contribution in [3.8, 4) is 0 Å². The first-order chi connectivity index (χ1) is 12.0. The quantitative estimate of drug-likeness (QED) is 0.667. The van der Waals surface area contributed by atoms with Gasteiger partial charge in [0.25, 0.3) is 5.69 Å². The number of non-ortho nitro benzene ring substituents is 1. The lowest BCUT2D eigenvalue weighted by Gasteiger charge is -2.36. The number of fused-ring (bicyclic) bond motifs is 3. The minimum atomic E-state index is -0.444. The van der Waals surface area contributed by atoms with Crippen molar-refractivity contribution >= 4 is 17.5 Å². The summed E-state index contributed by atoms with van der Waals surface area (Å²) >= 11 is 0. The van der Waals surface area contributed by atoms with E-state index in [2.05, 4.69) is 17.3 Å². The molecule has 1 aromatic rings. The van der Waals surface area contributed by atoms with E-state index in [0.29, 0.717) is 25.0 Å². The largest absolute Gasteiger partial charge is 0.431 e. The van der Waals surface area contributed by atoms with Crippen molar-refractivity contribution in [2.45, 2.75) is 50.2 Å². The van der Waals surface area contributed by atoms with Crippen LogP contribution in [-0.4, -0.2) is 47.6 Å². The van der Waals surface area contributed by atoms with Crippen molar-refractivity contribution in [2.24, 2.45) is 0 Å². The Balaban J connectivity index is 1.36. The number of nitrogens with zero attached hydrogens (tertiary/aromatic N) is 3. The molecule has 4 rings (SSSR count). The van der Waals surface area contributed by atoms with Gasteiger partial charge in [-0.25, -0.2) is 9.86 Å². The third-order valence-electron chi connectivity index (χ3n) is 5.74. The fraction of sp³-hybridized carbons (Fsp3) is 0.588. The van der Waals surface area contributed by atoms with Crippen molar-refractivity contribution in [3.05, 3.63) is 33.9 Å². The fourth-order valence-electron chi connectivity index (χ4n) is 4.39. The molecule has 1 aromatic carbocycles. The van der Waals surface area contributed by atoms with Crippen LogP contribution in [-0.2, 0) is 11.3 Å². The van der Waals surface area contributed by atoms with Gasteiger partial charge in [0, 0.05) is 30.3 Å². The number of amides is 1. The molecule has 0 radical (unpaired) electrons. The molecule has 0 aromatic heterocycles. The molecule has 8 nitrogen and oxygen atoms in total. The second-order valence-corrected chi connectivity index (χ2v) is 7.16. The molecular formula is C17H22N4O4. The van der Waals surface area contributed by atoms with Crippen LogP contribution in [0.4, 0.5) is 16.2 Å². The molecular weight excluding hydrogens is 324 g/mol. The van der Waals surface area contributed by atoms with Crippen molar-refractivity contribution in [2.75, 3.05) is 18.7 Å². The summed E-state index contributed by atoms with van der Waals surface area (Å²) in [5.41, 5.74) is 1.62. The monoisotopic (exact) mass is 346 g/mol. The topological polar surface area (TPSA) is 88.0 Å². The van der Waals surface area contributed by atoms with Crippen LogP contribution >= 0.6 is 0 Å². The van der Waals surface area contributed by atoms with E-state index in [1.54, 1.807) is 12.1 Å². The lowest BCUT2D eigenvalue weighted by Crippen LogP contribution is -2.49. The van der Waals surface area contributed by atoms with Gasteiger partial charge in [-0.15, -0.1) is 0 Å². The van der Waals surface area contributed by atoms with Gasteiger partial charge in [-0.1, -0.05) is 0 Å². The number of nitrogens with one attached hydrogen (secondary N) is 1. The van der Waals surface area contributed by atoms with E-state index < -0.39 is 11.0 Å². The molecule has 0 aliphatic carbocycles. The average molecular weight is 346 g/mol. The van der Waals surface area contributed by atoms with Crippen LogP contribution in [0, 0.1) is 10.1 Å². The van der Waals surface area contributed by atoms with Gasteiger partial charge >= 0.3 is 6.09 Å². The Kier molecular flexibility index (Phi) is 3.99. The van der Waals surface area contributed by atoms with Crippen LogP contribution in [0.25, 0.3) is 0 Å². The smallest absolute Gasteiger partial charge is 0.322 e. The first-order valence-electron chi connectivity index (χ1n) is 8.76. The standard InChI is InChI=1S/C17H22N4O4/c1-19-13-2-3-14(19)10-12(9-13)18-17(22)25-20-7-6-11-8-15(21(23)24)4-5-16(11)20/h4-5,8,12-14H,2-3,6-7,9-10H2,1H3,(H,18,22). The van der Waals surface area contributed by atoms with Crippen LogP contribution < -0.4 is 10.4 Å². The molecule has 25 heavy (non-hydrogen) atoms. The predicted molar refractivity (Wildman–Crippen MR) is 91.4 cm³/mol. The van der Waals surface area contributed by atoms with E-state index in [-0.39, 0.29) is 11.7 Å². The zero-order valence-corrected chi connectivity index (χ0v) is 14.2. The Morgan fingerprint density at radius 2 is 2.04 bits per heavy atom. The molecule has 3 heterocycles. The van der Waals surface area contributed by atoms with E-state index in [0.717, 1.165) is 24.1 Å². The molecule has 134 valence electrons. The van der Waals surface area contributed by atoms with Gasteiger partial charge in [0.15, 0.2) is 0 Å². The fourth-order valence-corrected chi connectivity index (χ4v) is 4.39. The molecule has 8 heteroatoms. The molecule has 2 unspecified atom stereocenters. The van der Waals surface area contributed by atoms with Gasteiger partial charge in [0.05, 0.1) is 17.2 Å². The van der Waals surface area contributed by atoms with Gasteiger partial charge in [0.2, 0.25) is 0 Å². The second-order valence-electron chi connectivity index (χ2n) is 7.16. The highest BCUT2D eigenvalue weighted by atomic mass is 16.7. The first-order valence-corrected chi connectivity index (χ1v) is 8.76. The van der Waals surface area contributed by atoms with Crippen LogP contribution in [0.15, 0.2) is 18.2 Å². The maximum absolute atomic E-state index is 12.3. The number of hydrogen-bond donors (Lipinski definition) is 1. The number of hydroxylamine groups is 1. The minimum Gasteiger partial charge on any atom is -0.322 e. The SMILES string of the molecule is CN1C2CCC1CC(NC(=O)ON1CCc3cc([N+](=O)[O-])ccc31)C2. The van der Waals surface area contributed by atoms with E-state index in [9.17, 15) is 14.9 Å². The lowest BCUT2D eigenvalue weighted by molar-refractivity contribution is -0.384. The number of rotatable bonds is 3. The summed E-state index contributed by atoms with van der Waals surface area (Å²) in [6.07, 6.45) is 4.51. The highest BCUT2D eigenvalue weighted by Crippen LogP contribution is 2.34. The summed E-state index contributed by atoms with van der Waals surface area (Å²) in [5.74, 6) is 0. The molecule has 2 saturated heterocycles. The Bertz CT molecular complexity index is 696. The molecule has 0 spiro atoms. The van der Waals surface area contributed by atoms with Crippen molar-refractivity contribution < 1.29 is 14.6 Å². The van der Waals surface area contributed by atoms with Gasteiger partial charge < -0.3 is 15.1 Å². The number of benzene rings is 1. The molecule has 2 bridgehead atoms. The molecule has 2 fully saturated rings. The van der Waals surface area contributed by atoms with Gasteiger partial charge in [-0.3, -0.25) is 10.1 Å². The second kappa shape index (κ2) is 6.18. The maximum atomic E-state index is 12.3. The molecule has 3 aliphatic heterocycles. The molecule has 2 atom stereocenters. The van der Waals surface area contributed by atoms with Crippen LogP contribution in [0.1, 0.15) is 31.2 Å². The summed E-state index contributed by atoms with van der Waals surface area (Å²) in [5, 5.41) is 15.4. The average Bonchev–Trinajstić information content (AvgIpc) is 3.04. The van der Waals surface area contributed by atoms with Crippen molar-refractivity contribution in [1.29, 1.82) is 0 Å². The van der Waals surface area contributed by atoms with E-state index >= 15 is 0 Å². The summed E-state index contributed by atoms with van der Waals surface area (Å²) in [4.78, 5) is 30.6. The number of carbonyl (C=O) groups is 1. The number of piperidine rings is 1. The van der Waals surface area contributed by atoms with Crippen LogP contribution in [0.5, 0.6) is 0 Å². The van der Waals surface area contributed by atoms with E-state index in [1.807, 2.05) is 0 Å². The molecule has 1 amide bonds. The molecule has 1 N–H and O–H groups in total. The van der Waals surface area contributed by atoms with Crippen molar-refractivity contribution in [3.63, 3.8) is 0 Å². The Morgan fingerprint density at radius 1 is 1.32 bits per heavy atom. The van der Waals surface area contributed by atoms with E-state index in [1.165, 1.54) is 24.0 Å². The van der Waals surface area contributed by atoms with Crippen molar-refractivity contribution in [1.82, 2.24) is 10.2 Å². The normalized spacial score (nSPS) is 27.9. The number of hydrogen-bond acceptors (Lipinski definition) is 6. The summed E-state index contributed by atoms with van der Waals surface area (Å²) in [6, 6.07) is 5.89. The zero-order valence-electron chi connectivity index (χ0n) is 14.2. The van der Waals surface area contributed by atoms with E-state index in [4.69, 9.17) is 4.84 Å². The third kappa shape index (κ3) is 3.02. The number of anilines is 1. The first kappa shape index (κ1) is 16.1. The maximum Gasteiger partial charge on any atom is 0.431 e.